The molecule has 0 heterocycles. The Morgan fingerprint density at radius 3 is 1.25 bits per heavy atom. The van der Waals surface area contributed by atoms with Crippen LogP contribution in [0.15, 0.2) is 34.3 Å². The van der Waals surface area contributed by atoms with E-state index in [1.807, 2.05) is 12.4 Å². The number of hydrogen-bond donors (Lipinski definition) is 3. The first-order valence-electron chi connectivity index (χ1n) is 22.6. The van der Waals surface area contributed by atoms with Crippen LogP contribution < -0.4 is 0 Å². The van der Waals surface area contributed by atoms with Crippen molar-refractivity contribution in [2.75, 3.05) is 26.4 Å². The van der Waals surface area contributed by atoms with Crippen molar-refractivity contribution in [1.82, 2.24) is 0 Å². The molecule has 0 aromatic heterocycles. The molecule has 0 aliphatic heterocycles. The molecular weight excluding hydrogens is 852 g/mol. The Labute approximate surface area is 396 Å². The maximum absolute atomic E-state index is 12.2. The SMILES string of the molecule is CC(C)(C)c1cc(C=N[C@@H]2CCCC[C@H]2N=Cc2cc(C(C)(C)C)cc(C(C)(C)C)c2O)c(O)c(C(C)(C)C)c1.CC(C)C(=O)OCCOC(=O)C(C)(C)C(C)(C)C(=O)OCCO.[Mn]. The first kappa shape index (κ1) is 58.3. The number of rotatable bonds is 13. The van der Waals surface area contributed by atoms with Crippen molar-refractivity contribution in [3.05, 3.63) is 57.6 Å². The summed E-state index contributed by atoms with van der Waals surface area (Å²) in [5, 5.41) is 31.2. The van der Waals surface area contributed by atoms with Crippen LogP contribution in [0.3, 0.4) is 0 Å². The summed E-state index contributed by atoms with van der Waals surface area (Å²) in [7, 11) is 0. The summed E-state index contributed by atoms with van der Waals surface area (Å²) in [6, 6.07) is 8.53. The van der Waals surface area contributed by atoms with Crippen LogP contribution in [-0.2, 0) is 67.3 Å². The molecule has 3 N–H and O–H groups in total. The molecule has 2 atom stereocenters. The molecule has 64 heavy (non-hydrogen) atoms. The monoisotopic (exact) mass is 934 g/mol. The number of carbonyl (C=O) groups excluding carboxylic acids is 3. The minimum atomic E-state index is -1.15. The molecule has 12 heteroatoms. The fraction of sp³-hybridized carbons (Fsp3) is 0.673. The molecule has 0 amide bonds. The molecule has 1 fully saturated rings. The normalized spacial score (nSPS) is 16.6. The third-order valence-corrected chi connectivity index (χ3v) is 12.1. The Hall–Kier alpha value is -3.73. The predicted octanol–water partition coefficient (Wildman–Crippen LogP) is 10.5. The number of carbonyl (C=O) groups is 3. The van der Waals surface area contributed by atoms with Gasteiger partial charge in [-0.05, 0) is 85.5 Å². The zero-order valence-electron chi connectivity index (χ0n) is 42.4. The average molecular weight is 934 g/mol. The van der Waals surface area contributed by atoms with Gasteiger partial charge in [-0.25, -0.2) is 0 Å². The van der Waals surface area contributed by atoms with Crippen LogP contribution in [0.5, 0.6) is 11.5 Å². The Morgan fingerprint density at radius 1 is 0.594 bits per heavy atom. The third-order valence-electron chi connectivity index (χ3n) is 12.1. The summed E-state index contributed by atoms with van der Waals surface area (Å²) in [6.45, 7) is 35.2. The number of aromatic hydroxyl groups is 2. The standard InChI is InChI=1S/C36H54N2O2.C16H28O7.Mn/c1-33(2,3)25-17-23(31(39)27(19-25)35(7,8)9)21-37-29-15-13-14-16-30(29)38-22-24-18-26(34(4,5)6)20-28(32(24)40)36(10,11)12;1-11(2)12(18)21-9-10-23-14(20)16(5,6)15(3,4)13(19)22-8-7-17;/h17-22,29-30,39-40H,13-16H2,1-12H3;11,17H,7-10H2,1-6H3;/t29-,30-;;/m1../s1. The van der Waals surface area contributed by atoms with E-state index in [1.54, 1.807) is 41.5 Å². The molecule has 11 nitrogen and oxygen atoms in total. The maximum atomic E-state index is 12.2. The predicted molar refractivity (Wildman–Crippen MR) is 255 cm³/mol. The molecule has 1 aliphatic rings. The largest absolute Gasteiger partial charge is 0.507 e. The number of hydrogen-bond acceptors (Lipinski definition) is 11. The Balaban J connectivity index is 0.000000732. The van der Waals surface area contributed by atoms with Crippen LogP contribution in [0.2, 0.25) is 0 Å². The van der Waals surface area contributed by atoms with Gasteiger partial charge in [-0.3, -0.25) is 24.4 Å². The van der Waals surface area contributed by atoms with Gasteiger partial charge in [-0.2, -0.15) is 0 Å². The van der Waals surface area contributed by atoms with Gasteiger partial charge in [0.25, 0.3) is 0 Å². The zero-order valence-corrected chi connectivity index (χ0v) is 43.6. The van der Waals surface area contributed by atoms with Gasteiger partial charge >= 0.3 is 17.9 Å². The van der Waals surface area contributed by atoms with Crippen molar-refractivity contribution >= 4 is 30.3 Å². The Kier molecular flexibility index (Phi) is 21.1. The number of aliphatic hydroxyl groups excluding tert-OH is 1. The van der Waals surface area contributed by atoms with E-state index in [0.717, 1.165) is 47.9 Å². The fourth-order valence-corrected chi connectivity index (χ4v) is 6.76. The van der Waals surface area contributed by atoms with Gasteiger partial charge in [-0.15, -0.1) is 0 Å². The van der Waals surface area contributed by atoms with Gasteiger partial charge < -0.3 is 29.5 Å². The molecule has 361 valence electrons. The summed E-state index contributed by atoms with van der Waals surface area (Å²) in [4.78, 5) is 45.7. The molecule has 0 bridgehead atoms. The second kappa shape index (κ2) is 23.1. The fourth-order valence-electron chi connectivity index (χ4n) is 6.76. The first-order valence-corrected chi connectivity index (χ1v) is 22.6. The molecule has 2 aromatic rings. The first-order chi connectivity index (χ1) is 28.7. The minimum absolute atomic E-state index is 0. The second-order valence-electron chi connectivity index (χ2n) is 22.5. The third kappa shape index (κ3) is 16.0. The molecule has 3 rings (SSSR count). The van der Waals surface area contributed by atoms with E-state index in [-0.39, 0.29) is 89.1 Å². The number of nitrogens with zero attached hydrogens (tertiary/aromatic N) is 2. The van der Waals surface area contributed by atoms with Gasteiger partial charge in [0.15, 0.2) is 0 Å². The van der Waals surface area contributed by atoms with Crippen LogP contribution in [0, 0.1) is 16.7 Å². The molecular formula is C52H82MnN2O9. The van der Waals surface area contributed by atoms with Gasteiger partial charge in [0, 0.05) is 51.8 Å². The summed E-state index contributed by atoms with van der Waals surface area (Å²) >= 11 is 0. The quantitative estimate of drug-likeness (QED) is 0.0583. The number of aliphatic hydroxyl groups is 1. The number of aliphatic imine (C=N–C) groups is 2. The molecule has 0 saturated heterocycles. The topological polar surface area (TPSA) is 164 Å². The zero-order chi connectivity index (χ0) is 48.5. The Morgan fingerprint density at radius 2 is 0.938 bits per heavy atom. The minimum Gasteiger partial charge on any atom is -0.507 e. The number of phenols is 2. The van der Waals surface area contributed by atoms with Crippen LogP contribution >= 0.6 is 0 Å². The van der Waals surface area contributed by atoms with E-state index in [2.05, 4.69) is 107 Å². The smallest absolute Gasteiger partial charge is 0.312 e. The van der Waals surface area contributed by atoms with Crippen molar-refractivity contribution in [3.63, 3.8) is 0 Å². The van der Waals surface area contributed by atoms with Gasteiger partial charge in [0.2, 0.25) is 0 Å². The van der Waals surface area contributed by atoms with Gasteiger partial charge in [-0.1, -0.05) is 122 Å². The molecule has 1 saturated carbocycles. The second-order valence-corrected chi connectivity index (χ2v) is 22.5. The van der Waals surface area contributed by atoms with Crippen molar-refractivity contribution in [2.45, 2.75) is 184 Å². The summed E-state index contributed by atoms with van der Waals surface area (Å²) in [6.07, 6.45) is 7.90. The van der Waals surface area contributed by atoms with Crippen LogP contribution in [0.4, 0.5) is 0 Å². The van der Waals surface area contributed by atoms with Crippen molar-refractivity contribution in [3.8, 4) is 11.5 Å². The number of benzene rings is 2. The van der Waals surface area contributed by atoms with Gasteiger partial charge in [0.05, 0.1) is 35.4 Å². The molecule has 2 aromatic carbocycles. The van der Waals surface area contributed by atoms with E-state index in [4.69, 9.17) is 29.3 Å². The molecule has 1 aliphatic carbocycles. The van der Waals surface area contributed by atoms with E-state index in [1.165, 1.54) is 11.1 Å². The van der Waals surface area contributed by atoms with Gasteiger partial charge in [0.1, 0.15) is 31.3 Å². The van der Waals surface area contributed by atoms with Crippen LogP contribution in [0.25, 0.3) is 0 Å². The van der Waals surface area contributed by atoms with Crippen LogP contribution in [0.1, 0.15) is 184 Å². The van der Waals surface area contributed by atoms with Crippen molar-refractivity contribution < 1.29 is 61.0 Å². The van der Waals surface area contributed by atoms with E-state index < -0.39 is 22.8 Å². The summed E-state index contributed by atoms with van der Waals surface area (Å²) in [5.74, 6) is -1.17. The molecule has 0 unspecified atom stereocenters. The number of ether oxygens (including phenoxy) is 3. The van der Waals surface area contributed by atoms with E-state index in [0.29, 0.717) is 11.5 Å². The summed E-state index contributed by atoms with van der Waals surface area (Å²) < 4.78 is 14.9. The Bertz CT molecular complexity index is 1840. The van der Waals surface area contributed by atoms with Crippen molar-refractivity contribution in [1.29, 1.82) is 0 Å². The maximum Gasteiger partial charge on any atom is 0.312 e. The van der Waals surface area contributed by atoms with Crippen molar-refractivity contribution in [2.24, 2.45) is 26.7 Å². The molecule has 0 spiro atoms. The summed E-state index contributed by atoms with van der Waals surface area (Å²) in [5.41, 5.74) is 3.10. The molecule has 1 radical (unpaired) electrons. The number of phenolic OH excluding ortho intramolecular Hbond substituents is 2. The van der Waals surface area contributed by atoms with E-state index in [9.17, 15) is 24.6 Å². The average Bonchev–Trinajstić information content (AvgIpc) is 3.16. The van der Waals surface area contributed by atoms with E-state index >= 15 is 0 Å². The number of esters is 3. The van der Waals surface area contributed by atoms with Crippen LogP contribution in [-0.4, -0.2) is 84.2 Å².